The molecule has 0 aliphatic heterocycles. The van der Waals surface area contributed by atoms with Crippen molar-refractivity contribution < 1.29 is 18.3 Å². The van der Waals surface area contributed by atoms with Crippen molar-refractivity contribution in [2.24, 2.45) is 0 Å². The van der Waals surface area contributed by atoms with Crippen molar-refractivity contribution in [1.82, 2.24) is 10.3 Å². The van der Waals surface area contributed by atoms with Crippen molar-refractivity contribution >= 4 is 11.1 Å². The molecule has 4 nitrogen and oxygen atoms in total. The zero-order chi connectivity index (χ0) is 17.5. The van der Waals surface area contributed by atoms with Gasteiger partial charge in [-0.15, -0.1) is 0 Å². The molecule has 2 atom stereocenters. The number of aromatic nitrogens is 1. The molecular formula is C18H24F2N2O2. The van der Waals surface area contributed by atoms with Gasteiger partial charge in [0, 0.05) is 25.4 Å². The SMILES string of the molecule is CC(C)c1nc2cc(CN[C@H]3CCC[C@@H]3O)cc(C(C)(F)F)c2o1. The van der Waals surface area contributed by atoms with E-state index in [0.29, 0.717) is 18.0 Å². The largest absolute Gasteiger partial charge is 0.440 e. The lowest BCUT2D eigenvalue weighted by Gasteiger charge is -2.17. The Kier molecular flexibility index (Phi) is 4.62. The second-order valence-corrected chi connectivity index (χ2v) is 7.07. The molecule has 0 bridgehead atoms. The van der Waals surface area contributed by atoms with E-state index in [1.807, 2.05) is 13.8 Å². The van der Waals surface area contributed by atoms with Gasteiger partial charge in [0.2, 0.25) is 0 Å². The van der Waals surface area contributed by atoms with Crippen LogP contribution in [0.2, 0.25) is 0 Å². The molecule has 0 unspecified atom stereocenters. The highest BCUT2D eigenvalue weighted by molar-refractivity contribution is 5.78. The number of fused-ring (bicyclic) bond motifs is 1. The van der Waals surface area contributed by atoms with E-state index in [1.165, 1.54) is 6.07 Å². The monoisotopic (exact) mass is 338 g/mol. The maximum Gasteiger partial charge on any atom is 0.274 e. The Labute approximate surface area is 140 Å². The lowest BCUT2D eigenvalue weighted by molar-refractivity contribution is 0.0180. The van der Waals surface area contributed by atoms with Gasteiger partial charge >= 0.3 is 0 Å². The van der Waals surface area contributed by atoms with Crippen molar-refractivity contribution in [2.45, 2.75) is 70.6 Å². The van der Waals surface area contributed by atoms with Gasteiger partial charge in [0.1, 0.15) is 5.52 Å². The molecule has 1 aromatic carbocycles. The molecule has 1 saturated carbocycles. The molecule has 0 saturated heterocycles. The summed E-state index contributed by atoms with van der Waals surface area (Å²) in [4.78, 5) is 4.36. The molecule has 132 valence electrons. The summed E-state index contributed by atoms with van der Waals surface area (Å²) in [5, 5.41) is 13.1. The highest BCUT2D eigenvalue weighted by Gasteiger charge is 2.31. The fraction of sp³-hybridized carbons (Fsp3) is 0.611. The third-order valence-electron chi connectivity index (χ3n) is 4.58. The van der Waals surface area contributed by atoms with Gasteiger partial charge in [-0.2, -0.15) is 0 Å². The summed E-state index contributed by atoms with van der Waals surface area (Å²) < 4.78 is 33.6. The number of aliphatic hydroxyl groups is 1. The van der Waals surface area contributed by atoms with Crippen LogP contribution in [0.15, 0.2) is 16.5 Å². The average Bonchev–Trinajstić information content (AvgIpc) is 3.09. The van der Waals surface area contributed by atoms with Gasteiger partial charge in [0.25, 0.3) is 5.92 Å². The van der Waals surface area contributed by atoms with Crippen LogP contribution in [-0.4, -0.2) is 22.2 Å². The molecule has 24 heavy (non-hydrogen) atoms. The number of hydrogen-bond donors (Lipinski definition) is 2. The van der Waals surface area contributed by atoms with Gasteiger partial charge in [-0.3, -0.25) is 0 Å². The molecule has 1 fully saturated rings. The minimum absolute atomic E-state index is 0.0230. The molecule has 1 heterocycles. The average molecular weight is 338 g/mol. The Hall–Kier alpha value is -1.53. The predicted molar refractivity (Wildman–Crippen MR) is 88.2 cm³/mol. The maximum atomic E-state index is 14.0. The van der Waals surface area contributed by atoms with Crippen LogP contribution in [0.5, 0.6) is 0 Å². The van der Waals surface area contributed by atoms with Crippen LogP contribution in [-0.2, 0) is 12.5 Å². The number of oxazole rings is 1. The first-order valence-electron chi connectivity index (χ1n) is 8.49. The Morgan fingerprint density at radius 1 is 1.38 bits per heavy atom. The predicted octanol–water partition coefficient (Wildman–Crippen LogP) is 4.07. The van der Waals surface area contributed by atoms with E-state index in [2.05, 4.69) is 10.3 Å². The van der Waals surface area contributed by atoms with Crippen LogP contribution in [0.25, 0.3) is 11.1 Å². The minimum Gasteiger partial charge on any atom is -0.440 e. The summed E-state index contributed by atoms with van der Waals surface area (Å²) in [6.45, 7) is 5.12. The second kappa shape index (κ2) is 6.41. The fourth-order valence-corrected chi connectivity index (χ4v) is 3.21. The summed E-state index contributed by atoms with van der Waals surface area (Å²) >= 11 is 0. The number of nitrogens with zero attached hydrogens (tertiary/aromatic N) is 1. The van der Waals surface area contributed by atoms with Crippen molar-refractivity contribution in [2.75, 3.05) is 0 Å². The molecule has 1 aromatic heterocycles. The van der Waals surface area contributed by atoms with E-state index in [4.69, 9.17) is 4.42 Å². The van der Waals surface area contributed by atoms with E-state index in [0.717, 1.165) is 31.7 Å². The first kappa shape index (κ1) is 17.3. The molecule has 1 aliphatic rings. The summed E-state index contributed by atoms with van der Waals surface area (Å²) in [7, 11) is 0. The number of halogens is 2. The molecule has 6 heteroatoms. The van der Waals surface area contributed by atoms with Crippen molar-refractivity contribution in [3.05, 3.63) is 29.2 Å². The van der Waals surface area contributed by atoms with Gasteiger partial charge in [-0.05, 0) is 37.0 Å². The van der Waals surface area contributed by atoms with Crippen LogP contribution in [0.1, 0.15) is 63.0 Å². The first-order chi connectivity index (χ1) is 11.3. The molecule has 0 amide bonds. The highest BCUT2D eigenvalue weighted by Crippen LogP contribution is 2.35. The maximum absolute atomic E-state index is 14.0. The van der Waals surface area contributed by atoms with Crippen LogP contribution in [0, 0.1) is 0 Å². The first-order valence-corrected chi connectivity index (χ1v) is 8.49. The van der Waals surface area contributed by atoms with E-state index in [9.17, 15) is 13.9 Å². The Morgan fingerprint density at radius 3 is 2.71 bits per heavy atom. The van der Waals surface area contributed by atoms with Crippen LogP contribution in [0.3, 0.4) is 0 Å². The highest BCUT2D eigenvalue weighted by atomic mass is 19.3. The topological polar surface area (TPSA) is 58.3 Å². The van der Waals surface area contributed by atoms with Crippen molar-refractivity contribution in [3.8, 4) is 0 Å². The fourth-order valence-electron chi connectivity index (χ4n) is 3.21. The lowest BCUT2D eigenvalue weighted by Crippen LogP contribution is -2.35. The standard InChI is InChI=1S/C18H24F2N2O2/c1-10(2)17-22-14-8-11(9-21-13-5-4-6-15(13)23)7-12(16(14)24-17)18(3,19)20/h7-8,10,13,15,21,23H,4-6,9H2,1-3H3/t13-,15-/m0/s1. The number of hydrogen-bond acceptors (Lipinski definition) is 4. The number of rotatable bonds is 5. The number of aliphatic hydroxyl groups excluding tert-OH is 1. The smallest absolute Gasteiger partial charge is 0.274 e. The van der Waals surface area contributed by atoms with Gasteiger partial charge in [0.05, 0.1) is 11.7 Å². The van der Waals surface area contributed by atoms with Gasteiger partial charge in [-0.25, -0.2) is 13.8 Å². The lowest BCUT2D eigenvalue weighted by atomic mass is 10.0. The molecule has 1 aliphatic carbocycles. The molecule has 2 aromatic rings. The van der Waals surface area contributed by atoms with Crippen molar-refractivity contribution in [3.63, 3.8) is 0 Å². The van der Waals surface area contributed by atoms with Crippen molar-refractivity contribution in [1.29, 1.82) is 0 Å². The van der Waals surface area contributed by atoms with E-state index < -0.39 is 5.92 Å². The quantitative estimate of drug-likeness (QED) is 0.863. The normalized spacial score (nSPS) is 22.0. The minimum atomic E-state index is -3.01. The van der Waals surface area contributed by atoms with E-state index in [1.54, 1.807) is 6.07 Å². The van der Waals surface area contributed by atoms with E-state index in [-0.39, 0.29) is 29.2 Å². The molecular weight excluding hydrogens is 314 g/mol. The Morgan fingerprint density at radius 2 is 2.12 bits per heavy atom. The zero-order valence-corrected chi connectivity index (χ0v) is 14.3. The number of nitrogens with one attached hydrogen (secondary N) is 1. The molecule has 0 spiro atoms. The Balaban J connectivity index is 1.93. The summed E-state index contributed by atoms with van der Waals surface area (Å²) in [5.74, 6) is -2.51. The third kappa shape index (κ3) is 3.44. The van der Waals surface area contributed by atoms with Crippen LogP contribution in [0.4, 0.5) is 8.78 Å². The van der Waals surface area contributed by atoms with Crippen LogP contribution < -0.4 is 5.32 Å². The second-order valence-electron chi connectivity index (χ2n) is 7.07. The molecule has 3 rings (SSSR count). The van der Waals surface area contributed by atoms with Crippen LogP contribution >= 0.6 is 0 Å². The molecule has 2 N–H and O–H groups in total. The Bertz CT molecular complexity index is 722. The number of benzene rings is 1. The molecule has 0 radical (unpaired) electrons. The summed E-state index contributed by atoms with van der Waals surface area (Å²) in [5.41, 5.74) is 1.21. The third-order valence-corrected chi connectivity index (χ3v) is 4.58. The summed E-state index contributed by atoms with van der Waals surface area (Å²) in [6.07, 6.45) is 2.31. The zero-order valence-electron chi connectivity index (χ0n) is 14.3. The van der Waals surface area contributed by atoms with Gasteiger partial charge in [-0.1, -0.05) is 13.8 Å². The number of alkyl halides is 2. The van der Waals surface area contributed by atoms with Gasteiger partial charge < -0.3 is 14.8 Å². The summed E-state index contributed by atoms with van der Waals surface area (Å²) in [6, 6.07) is 3.29. The van der Waals surface area contributed by atoms with Gasteiger partial charge in [0.15, 0.2) is 11.5 Å². The van der Waals surface area contributed by atoms with E-state index >= 15 is 0 Å².